The van der Waals surface area contributed by atoms with Crippen LogP contribution in [0.4, 0.5) is 11.4 Å². The summed E-state index contributed by atoms with van der Waals surface area (Å²) in [6, 6.07) is 8.40. The molecule has 112 valence electrons. The zero-order valence-corrected chi connectivity index (χ0v) is 16.4. The van der Waals surface area contributed by atoms with E-state index in [0.717, 1.165) is 10.0 Å². The fraction of sp³-hybridized carbons (Fsp3) is 0.0769. The van der Waals surface area contributed by atoms with E-state index in [1.807, 2.05) is 13.0 Å². The average molecular weight is 499 g/mol. The van der Waals surface area contributed by atoms with E-state index >= 15 is 0 Å². The van der Waals surface area contributed by atoms with Crippen LogP contribution in [-0.2, 0) is 10.0 Å². The van der Waals surface area contributed by atoms with E-state index in [1.165, 1.54) is 0 Å². The number of nitrogens with two attached hydrogens (primary N) is 1. The van der Waals surface area contributed by atoms with Gasteiger partial charge in [0.05, 0.1) is 5.69 Å². The van der Waals surface area contributed by atoms with Gasteiger partial charge in [-0.3, -0.25) is 4.72 Å². The summed E-state index contributed by atoms with van der Waals surface area (Å²) in [5, 5.41) is 0. The Morgan fingerprint density at radius 3 is 2.29 bits per heavy atom. The van der Waals surface area contributed by atoms with Crippen molar-refractivity contribution in [1.82, 2.24) is 0 Å². The Kier molecular flexibility index (Phi) is 5.02. The SMILES string of the molecule is Cc1ccc(NS(=O)(=O)c2c(N)cc(Br)cc2Br)cc1Br. The molecule has 0 bridgehead atoms. The van der Waals surface area contributed by atoms with Crippen LogP contribution in [0.1, 0.15) is 5.56 Å². The second-order valence-corrected chi connectivity index (χ2v) is 8.62. The normalized spacial score (nSPS) is 11.4. The molecular formula is C13H11Br3N2O2S. The summed E-state index contributed by atoms with van der Waals surface area (Å²) < 4.78 is 29.4. The van der Waals surface area contributed by atoms with Crippen molar-refractivity contribution in [1.29, 1.82) is 0 Å². The maximum Gasteiger partial charge on any atom is 0.265 e. The number of hydrogen-bond donors (Lipinski definition) is 2. The van der Waals surface area contributed by atoms with Crippen molar-refractivity contribution >= 4 is 69.2 Å². The van der Waals surface area contributed by atoms with Gasteiger partial charge in [0.1, 0.15) is 4.90 Å². The Morgan fingerprint density at radius 1 is 1.05 bits per heavy atom. The van der Waals surface area contributed by atoms with Crippen LogP contribution in [0.5, 0.6) is 0 Å². The molecule has 21 heavy (non-hydrogen) atoms. The third kappa shape index (κ3) is 3.80. The zero-order valence-electron chi connectivity index (χ0n) is 10.8. The van der Waals surface area contributed by atoms with Crippen molar-refractivity contribution in [3.05, 3.63) is 49.3 Å². The van der Waals surface area contributed by atoms with E-state index in [-0.39, 0.29) is 10.6 Å². The number of sulfonamides is 1. The lowest BCUT2D eigenvalue weighted by Gasteiger charge is -2.13. The monoisotopic (exact) mass is 496 g/mol. The molecule has 0 aliphatic rings. The summed E-state index contributed by atoms with van der Waals surface area (Å²) >= 11 is 9.87. The van der Waals surface area contributed by atoms with E-state index in [1.54, 1.807) is 24.3 Å². The van der Waals surface area contributed by atoms with Crippen LogP contribution < -0.4 is 10.5 Å². The maximum atomic E-state index is 12.5. The zero-order chi connectivity index (χ0) is 15.8. The highest BCUT2D eigenvalue weighted by molar-refractivity contribution is 9.11. The number of rotatable bonds is 3. The first-order valence-corrected chi connectivity index (χ1v) is 9.60. The minimum absolute atomic E-state index is 0.0161. The summed E-state index contributed by atoms with van der Waals surface area (Å²) in [6.07, 6.45) is 0. The molecular weight excluding hydrogens is 488 g/mol. The molecule has 0 unspecified atom stereocenters. The van der Waals surface area contributed by atoms with Gasteiger partial charge in [-0.1, -0.05) is 37.9 Å². The molecule has 0 radical (unpaired) electrons. The van der Waals surface area contributed by atoms with Crippen LogP contribution in [0.25, 0.3) is 0 Å². The first kappa shape index (κ1) is 16.8. The third-order valence-electron chi connectivity index (χ3n) is 2.73. The molecule has 0 aliphatic carbocycles. The van der Waals surface area contributed by atoms with E-state index in [4.69, 9.17) is 5.73 Å². The number of anilines is 2. The van der Waals surface area contributed by atoms with Gasteiger partial charge in [-0.2, -0.15) is 0 Å². The molecule has 8 heteroatoms. The van der Waals surface area contributed by atoms with Crippen molar-refractivity contribution < 1.29 is 8.42 Å². The van der Waals surface area contributed by atoms with Crippen LogP contribution in [0.2, 0.25) is 0 Å². The fourth-order valence-corrected chi connectivity index (χ4v) is 5.23. The summed E-state index contributed by atoms with van der Waals surface area (Å²) in [4.78, 5) is 0.0161. The second kappa shape index (κ2) is 6.28. The number of benzene rings is 2. The van der Waals surface area contributed by atoms with Gasteiger partial charge in [0.2, 0.25) is 0 Å². The largest absolute Gasteiger partial charge is 0.398 e. The van der Waals surface area contributed by atoms with Gasteiger partial charge in [0.25, 0.3) is 10.0 Å². The summed E-state index contributed by atoms with van der Waals surface area (Å²) in [6.45, 7) is 1.92. The lowest BCUT2D eigenvalue weighted by atomic mass is 10.2. The number of hydrogen-bond acceptors (Lipinski definition) is 3. The molecule has 0 aromatic heterocycles. The lowest BCUT2D eigenvalue weighted by molar-refractivity contribution is 0.601. The van der Waals surface area contributed by atoms with Gasteiger partial charge in [-0.25, -0.2) is 8.42 Å². The minimum Gasteiger partial charge on any atom is -0.398 e. The molecule has 2 aromatic rings. The van der Waals surface area contributed by atoms with Crippen molar-refractivity contribution in [2.75, 3.05) is 10.5 Å². The molecule has 0 saturated heterocycles. The Morgan fingerprint density at radius 2 is 1.71 bits per heavy atom. The Hall–Kier alpha value is -0.570. The summed E-state index contributed by atoms with van der Waals surface area (Å²) in [5.74, 6) is 0. The molecule has 0 aliphatic heterocycles. The van der Waals surface area contributed by atoms with Crippen molar-refractivity contribution in [2.45, 2.75) is 11.8 Å². The molecule has 0 heterocycles. The standard InChI is InChI=1S/C13H11Br3N2O2S/c1-7-2-3-9(6-10(7)15)18-21(19,20)13-11(16)4-8(14)5-12(13)17/h2-6,18H,17H2,1H3. The molecule has 3 N–H and O–H groups in total. The first-order chi connectivity index (χ1) is 9.70. The van der Waals surface area contributed by atoms with Crippen molar-refractivity contribution in [3.63, 3.8) is 0 Å². The number of nitrogens with one attached hydrogen (secondary N) is 1. The highest BCUT2D eigenvalue weighted by atomic mass is 79.9. The highest BCUT2D eigenvalue weighted by Gasteiger charge is 2.22. The highest BCUT2D eigenvalue weighted by Crippen LogP contribution is 2.33. The molecule has 2 rings (SSSR count). The Bertz CT molecular complexity index is 784. The van der Waals surface area contributed by atoms with Gasteiger partial charge in [-0.15, -0.1) is 0 Å². The molecule has 0 saturated carbocycles. The molecule has 0 fully saturated rings. The Labute approximate surface area is 148 Å². The third-order valence-corrected chi connectivity index (χ3v) is 6.43. The van der Waals surface area contributed by atoms with E-state index < -0.39 is 10.0 Å². The van der Waals surface area contributed by atoms with Gasteiger partial charge >= 0.3 is 0 Å². The Balaban J connectivity index is 2.46. The maximum absolute atomic E-state index is 12.5. The van der Waals surface area contributed by atoms with Crippen molar-refractivity contribution in [2.24, 2.45) is 0 Å². The van der Waals surface area contributed by atoms with E-state index in [0.29, 0.717) is 14.6 Å². The number of aryl methyl sites for hydroxylation is 1. The quantitative estimate of drug-likeness (QED) is 0.604. The topological polar surface area (TPSA) is 72.2 Å². The lowest BCUT2D eigenvalue weighted by Crippen LogP contribution is -2.15. The predicted octanol–water partition coefficient (Wildman–Crippen LogP) is 4.67. The number of halogens is 3. The van der Waals surface area contributed by atoms with Crippen LogP contribution in [0, 0.1) is 6.92 Å². The molecule has 0 amide bonds. The predicted molar refractivity (Wildman–Crippen MR) is 95.9 cm³/mol. The smallest absolute Gasteiger partial charge is 0.265 e. The number of nitrogen functional groups attached to an aromatic ring is 1. The van der Waals surface area contributed by atoms with Gasteiger partial charge < -0.3 is 5.73 Å². The first-order valence-electron chi connectivity index (χ1n) is 5.74. The molecule has 0 atom stereocenters. The average Bonchev–Trinajstić information content (AvgIpc) is 2.31. The second-order valence-electron chi connectivity index (χ2n) is 4.38. The van der Waals surface area contributed by atoms with Gasteiger partial charge in [0.15, 0.2) is 0 Å². The van der Waals surface area contributed by atoms with Crippen molar-refractivity contribution in [3.8, 4) is 0 Å². The minimum atomic E-state index is -3.78. The van der Waals surface area contributed by atoms with Gasteiger partial charge in [0, 0.05) is 19.1 Å². The van der Waals surface area contributed by atoms with E-state index in [2.05, 4.69) is 52.5 Å². The van der Waals surface area contributed by atoms with Crippen LogP contribution >= 0.6 is 47.8 Å². The van der Waals surface area contributed by atoms with Crippen LogP contribution in [0.15, 0.2) is 48.6 Å². The van der Waals surface area contributed by atoms with Crippen LogP contribution in [-0.4, -0.2) is 8.42 Å². The van der Waals surface area contributed by atoms with Crippen LogP contribution in [0.3, 0.4) is 0 Å². The molecule has 2 aromatic carbocycles. The summed E-state index contributed by atoms with van der Waals surface area (Å²) in [5.41, 5.74) is 7.47. The fourth-order valence-electron chi connectivity index (χ4n) is 1.73. The molecule has 0 spiro atoms. The van der Waals surface area contributed by atoms with Gasteiger partial charge in [-0.05, 0) is 52.7 Å². The van der Waals surface area contributed by atoms with E-state index in [9.17, 15) is 8.42 Å². The molecule has 4 nitrogen and oxygen atoms in total. The summed E-state index contributed by atoms with van der Waals surface area (Å²) in [7, 11) is -3.78.